The normalized spacial score (nSPS) is 11.1. The van der Waals surface area contributed by atoms with Gasteiger partial charge in [0.2, 0.25) is 0 Å². The first-order valence-corrected chi connectivity index (χ1v) is 8.43. The largest absolute Gasteiger partial charge is 0.0826 e. The Morgan fingerprint density at radius 1 is 0.429 bits per heavy atom. The lowest BCUT2D eigenvalue weighted by Gasteiger charge is -2.15. The molecule has 0 N–H and O–H groups in total. The molecule has 0 aliphatic rings. The first-order valence-electron chi connectivity index (χ1n) is 5.03. The molecule has 21 heavy (non-hydrogen) atoms. The van der Waals surface area contributed by atoms with Crippen molar-refractivity contribution in [2.45, 2.75) is 0 Å². The maximum Gasteiger partial charge on any atom is 0.0809 e. The van der Waals surface area contributed by atoms with Gasteiger partial charge < -0.3 is 0 Å². The molecule has 0 unspecified atom stereocenters. The van der Waals surface area contributed by atoms with E-state index in [0.717, 1.165) is 0 Å². The molecular weight excluding hydrogens is 475 g/mol. The van der Waals surface area contributed by atoms with E-state index in [-0.39, 0.29) is 50.8 Å². The predicted octanol–water partition coefficient (Wildman–Crippen LogP) is 9.23. The molecule has 2 aromatic rings. The topological polar surface area (TPSA) is 0 Å². The smallest absolute Gasteiger partial charge is 0.0809 e. The van der Waals surface area contributed by atoms with E-state index in [4.69, 9.17) is 104 Å². The van der Waals surface area contributed by atoms with Crippen LogP contribution in [0.2, 0.25) is 45.2 Å². The Bertz CT molecular complexity index is 722. The number of hydrogen-bond donors (Lipinski definition) is 0. The molecule has 0 heterocycles. The SMILES string of the molecule is Cl[13c]1[13cH][13c](-[13c]2[13c](Cl)[13c](Cl)[13c](Cl)[13c](Cl)[13c]2Cl)[13c](Cl)[13c](Cl)[13c]1Cl. The van der Waals surface area contributed by atoms with Gasteiger partial charge in [0.1, 0.15) is 0 Å². The van der Waals surface area contributed by atoms with Crippen molar-refractivity contribution < 1.29 is 0 Å². The molecule has 0 bridgehead atoms. The number of hydrogen-bond acceptors (Lipinski definition) is 0. The summed E-state index contributed by atoms with van der Waals surface area (Å²) in [5.41, 5.74) is 0.606. The van der Waals surface area contributed by atoms with Crippen LogP contribution in [-0.2, 0) is 0 Å². The molecule has 0 aromatic heterocycles. The molecule has 0 spiro atoms. The third kappa shape index (κ3) is 3.18. The second-order valence-corrected chi connectivity index (χ2v) is 7.22. The standard InChI is InChI=1S/C12HCl9/c13-3-1-2(5(14)9(18)6(3)15)4-7(16)10(19)12(21)11(20)8(4)17/h1H/i1+1,2+1,3+1,4+1,5+1,6+1,7+1,8+1,9+1,10+1,11+1,12+1. The lowest BCUT2D eigenvalue weighted by molar-refractivity contribution is 1.61. The fourth-order valence-electron chi connectivity index (χ4n) is 1.60. The van der Waals surface area contributed by atoms with Crippen LogP contribution < -0.4 is 0 Å². The summed E-state index contributed by atoms with van der Waals surface area (Å²) in [5.74, 6) is 0. The Morgan fingerprint density at radius 2 is 0.810 bits per heavy atom. The lowest BCUT2D eigenvalue weighted by atomic mass is 11.0. The van der Waals surface area contributed by atoms with E-state index in [0.29, 0.717) is 5.56 Å². The minimum Gasteiger partial charge on any atom is -0.0826 e. The Hall–Kier alpha value is 1.05. The summed E-state index contributed by atoms with van der Waals surface area (Å²) < 4.78 is 0. The van der Waals surface area contributed by atoms with Crippen molar-refractivity contribution in [3.05, 3.63) is 51.3 Å². The molecule has 0 nitrogen and oxygen atoms in total. The van der Waals surface area contributed by atoms with Crippen LogP contribution in [0.5, 0.6) is 0 Å². The summed E-state index contributed by atoms with van der Waals surface area (Å²) in [6.45, 7) is 0. The molecule has 0 atom stereocenters. The van der Waals surface area contributed by atoms with Crippen LogP contribution in [0.4, 0.5) is 0 Å². The average molecular weight is 476 g/mol. The third-order valence-corrected chi connectivity index (χ3v) is 6.61. The van der Waals surface area contributed by atoms with E-state index in [1.54, 1.807) is 0 Å². The van der Waals surface area contributed by atoms with Gasteiger partial charge in [-0.05, 0) is 6.07 Å². The summed E-state index contributed by atoms with van der Waals surface area (Å²) in [4.78, 5) is 0. The summed E-state index contributed by atoms with van der Waals surface area (Å²) in [6, 6.07) is 1.46. The average Bonchev–Trinajstić information content (AvgIpc) is 2.46. The van der Waals surface area contributed by atoms with Crippen molar-refractivity contribution >= 4 is 104 Å². The summed E-state index contributed by atoms with van der Waals surface area (Å²) in [5, 5.41) is 0.751. The van der Waals surface area contributed by atoms with Crippen LogP contribution in [0.15, 0.2) is 6.07 Å². The van der Waals surface area contributed by atoms with E-state index in [1.807, 2.05) is 0 Å². The molecule has 0 amide bonds. The van der Waals surface area contributed by atoms with Gasteiger partial charge in [-0.1, -0.05) is 104 Å². The van der Waals surface area contributed by atoms with Crippen molar-refractivity contribution in [2.75, 3.05) is 0 Å². The van der Waals surface area contributed by atoms with Gasteiger partial charge >= 0.3 is 0 Å². The highest BCUT2D eigenvalue weighted by molar-refractivity contribution is 6.57. The first kappa shape index (κ1) is 18.4. The van der Waals surface area contributed by atoms with Gasteiger partial charge in [-0.2, -0.15) is 0 Å². The Kier molecular flexibility index (Phi) is 6.03. The Morgan fingerprint density at radius 3 is 1.29 bits per heavy atom. The zero-order valence-corrected chi connectivity index (χ0v) is 16.3. The summed E-state index contributed by atoms with van der Waals surface area (Å²) >= 11 is 54.5. The highest BCUT2D eigenvalue weighted by Gasteiger charge is 2.24. The van der Waals surface area contributed by atoms with Crippen molar-refractivity contribution in [3.63, 3.8) is 0 Å². The van der Waals surface area contributed by atoms with Gasteiger partial charge in [-0.3, -0.25) is 0 Å². The molecular formula is C12HCl9. The molecule has 0 saturated carbocycles. The van der Waals surface area contributed by atoms with E-state index in [1.165, 1.54) is 6.07 Å². The quantitative estimate of drug-likeness (QED) is 0.284. The Labute approximate surface area is 165 Å². The van der Waals surface area contributed by atoms with Gasteiger partial charge in [-0.15, -0.1) is 0 Å². The minimum atomic E-state index is 0.0411. The number of halogens is 9. The number of benzene rings is 2. The molecule has 0 aliphatic carbocycles. The van der Waals surface area contributed by atoms with Crippen LogP contribution in [0.25, 0.3) is 11.1 Å². The molecule has 0 saturated heterocycles. The third-order valence-electron chi connectivity index (χ3n) is 2.58. The Balaban J connectivity index is 2.93. The highest BCUT2D eigenvalue weighted by Crippen LogP contribution is 2.52. The minimum absolute atomic E-state index is 0.0411. The molecule has 112 valence electrons. The summed E-state index contributed by atoms with van der Waals surface area (Å²) in [6.07, 6.45) is 0. The number of rotatable bonds is 1. The van der Waals surface area contributed by atoms with Gasteiger partial charge in [0.25, 0.3) is 0 Å². The predicted molar refractivity (Wildman–Crippen MR) is 97.0 cm³/mol. The van der Waals surface area contributed by atoms with Crippen LogP contribution in [0.1, 0.15) is 0 Å². The fourth-order valence-corrected chi connectivity index (χ4v) is 3.83. The van der Waals surface area contributed by atoms with Gasteiger partial charge in [0.15, 0.2) is 0 Å². The van der Waals surface area contributed by atoms with Crippen molar-refractivity contribution in [2.24, 2.45) is 0 Å². The summed E-state index contributed by atoms with van der Waals surface area (Å²) in [7, 11) is 0. The van der Waals surface area contributed by atoms with Crippen LogP contribution >= 0.6 is 104 Å². The van der Waals surface area contributed by atoms with Crippen LogP contribution in [0, 0.1) is 0 Å². The highest BCUT2D eigenvalue weighted by atomic mass is 35.5. The fraction of sp³-hybridized carbons (Fsp3) is 0. The molecule has 9 heteroatoms. The van der Waals surface area contributed by atoms with E-state index in [9.17, 15) is 0 Å². The monoisotopic (exact) mass is 472 g/mol. The maximum atomic E-state index is 6.19. The van der Waals surface area contributed by atoms with Crippen molar-refractivity contribution in [1.29, 1.82) is 0 Å². The van der Waals surface area contributed by atoms with Crippen LogP contribution in [0.3, 0.4) is 0 Å². The lowest BCUT2D eigenvalue weighted by Crippen LogP contribution is -1.89. The molecule has 0 aliphatic heterocycles. The zero-order chi connectivity index (χ0) is 16.1. The van der Waals surface area contributed by atoms with E-state index in [2.05, 4.69) is 0 Å². The van der Waals surface area contributed by atoms with Crippen LogP contribution in [-0.4, -0.2) is 0 Å². The zero-order valence-electron chi connectivity index (χ0n) is 9.48. The second kappa shape index (κ2) is 6.89. The van der Waals surface area contributed by atoms with Crippen molar-refractivity contribution in [1.82, 2.24) is 0 Å². The van der Waals surface area contributed by atoms with Gasteiger partial charge in [-0.25, -0.2) is 0 Å². The molecule has 0 fully saturated rings. The van der Waals surface area contributed by atoms with E-state index < -0.39 is 0 Å². The van der Waals surface area contributed by atoms with Crippen molar-refractivity contribution in [3.8, 4) is 11.1 Å². The molecule has 2 aromatic carbocycles. The maximum absolute atomic E-state index is 6.19. The van der Waals surface area contributed by atoms with E-state index >= 15 is 0 Å². The second-order valence-electron chi connectivity index (χ2n) is 3.79. The van der Waals surface area contributed by atoms with Gasteiger partial charge in [0.05, 0.1) is 45.2 Å². The molecule has 0 radical (unpaired) electrons. The first-order chi connectivity index (χ1) is 9.68. The van der Waals surface area contributed by atoms with Gasteiger partial charge in [0, 0.05) is 11.1 Å². The molecule has 2 rings (SSSR count).